The molecule has 0 aliphatic carbocycles. The lowest BCUT2D eigenvalue weighted by atomic mass is 10.3. The molecule has 1 aliphatic rings. The predicted octanol–water partition coefficient (Wildman–Crippen LogP) is -1.62. The highest BCUT2D eigenvalue weighted by Gasteiger charge is 2.27. The minimum atomic E-state index is -0.770. The molecule has 0 aromatic carbocycles. The van der Waals surface area contributed by atoms with Crippen molar-refractivity contribution in [2.75, 3.05) is 13.2 Å². The highest BCUT2D eigenvalue weighted by Crippen LogP contribution is 2.18. The zero-order valence-corrected chi connectivity index (χ0v) is 8.75. The van der Waals surface area contributed by atoms with Gasteiger partial charge >= 0.3 is 5.69 Å². The Hall–Kier alpha value is -1.88. The molecule has 0 amide bonds. The van der Waals surface area contributed by atoms with Crippen LogP contribution in [0.25, 0.3) is 0 Å². The van der Waals surface area contributed by atoms with Gasteiger partial charge in [-0.05, 0) is 0 Å². The van der Waals surface area contributed by atoms with E-state index in [-0.39, 0.29) is 18.8 Å². The first kappa shape index (κ1) is 11.6. The van der Waals surface area contributed by atoms with Crippen molar-refractivity contribution >= 4 is 0 Å². The fraction of sp³-hybridized carbons (Fsp3) is 0.400. The van der Waals surface area contributed by atoms with E-state index in [0.717, 1.165) is 4.57 Å². The van der Waals surface area contributed by atoms with Crippen molar-refractivity contribution in [2.24, 2.45) is 0 Å². The summed E-state index contributed by atoms with van der Waals surface area (Å²) >= 11 is 0. The smallest absolute Gasteiger partial charge is 0.330 e. The molecule has 7 heteroatoms. The maximum Gasteiger partial charge on any atom is 0.330 e. The van der Waals surface area contributed by atoms with Crippen LogP contribution < -0.4 is 11.2 Å². The van der Waals surface area contributed by atoms with Crippen molar-refractivity contribution in [2.45, 2.75) is 12.5 Å². The first-order valence-corrected chi connectivity index (χ1v) is 4.85. The average molecular weight is 238 g/mol. The van der Waals surface area contributed by atoms with Crippen LogP contribution in [0.4, 0.5) is 0 Å². The number of ether oxygens (including phenoxy) is 2. The van der Waals surface area contributed by atoms with Gasteiger partial charge in [0.05, 0.1) is 13.2 Å². The van der Waals surface area contributed by atoms with Gasteiger partial charge in [-0.1, -0.05) is 5.92 Å². The highest BCUT2D eigenvalue weighted by atomic mass is 16.7. The quantitative estimate of drug-likeness (QED) is 0.604. The number of aromatic amines is 1. The summed E-state index contributed by atoms with van der Waals surface area (Å²) < 4.78 is 11.4. The van der Waals surface area contributed by atoms with Crippen LogP contribution in [0.15, 0.2) is 15.8 Å². The third-order valence-corrected chi connectivity index (χ3v) is 2.32. The van der Waals surface area contributed by atoms with Crippen molar-refractivity contribution in [3.8, 4) is 12.3 Å². The highest BCUT2D eigenvalue weighted by molar-refractivity contribution is 5.26. The van der Waals surface area contributed by atoms with Crippen molar-refractivity contribution in [1.82, 2.24) is 9.55 Å². The van der Waals surface area contributed by atoms with Crippen molar-refractivity contribution < 1.29 is 14.6 Å². The van der Waals surface area contributed by atoms with Crippen LogP contribution in [-0.2, 0) is 9.47 Å². The molecule has 2 rings (SSSR count). The summed E-state index contributed by atoms with van der Waals surface area (Å²) in [5, 5.41) is 8.82. The van der Waals surface area contributed by atoms with Crippen LogP contribution in [0, 0.1) is 12.3 Å². The molecule has 2 atom stereocenters. The molecule has 2 N–H and O–H groups in total. The van der Waals surface area contributed by atoms with Gasteiger partial charge in [0.2, 0.25) is 0 Å². The Kier molecular flexibility index (Phi) is 3.10. The second-order valence-corrected chi connectivity index (χ2v) is 3.39. The van der Waals surface area contributed by atoms with E-state index in [0.29, 0.717) is 0 Å². The number of nitrogens with zero attached hydrogens (tertiary/aromatic N) is 1. The summed E-state index contributed by atoms with van der Waals surface area (Å²) in [4.78, 5) is 24.8. The summed E-state index contributed by atoms with van der Waals surface area (Å²) in [6.45, 7) is -0.211. The predicted molar refractivity (Wildman–Crippen MR) is 56.2 cm³/mol. The van der Waals surface area contributed by atoms with Gasteiger partial charge in [-0.15, -0.1) is 6.42 Å². The molecular formula is C10H10N2O5. The van der Waals surface area contributed by atoms with Gasteiger partial charge in [0, 0.05) is 6.20 Å². The molecule has 2 unspecified atom stereocenters. The molecule has 0 bridgehead atoms. The number of nitrogens with one attached hydrogen (secondary N) is 1. The molecule has 7 nitrogen and oxygen atoms in total. The van der Waals surface area contributed by atoms with Crippen LogP contribution >= 0.6 is 0 Å². The molecule has 1 aromatic heterocycles. The Bertz CT molecular complexity index is 567. The number of hydrogen-bond donors (Lipinski definition) is 2. The van der Waals surface area contributed by atoms with E-state index >= 15 is 0 Å². The van der Waals surface area contributed by atoms with Gasteiger partial charge in [0.15, 0.2) is 12.5 Å². The minimum Gasteiger partial charge on any atom is -0.391 e. The van der Waals surface area contributed by atoms with Gasteiger partial charge in [0.25, 0.3) is 5.56 Å². The molecule has 1 fully saturated rings. The first-order valence-electron chi connectivity index (χ1n) is 4.85. The Morgan fingerprint density at radius 1 is 1.65 bits per heavy atom. The van der Waals surface area contributed by atoms with Crippen molar-refractivity contribution in [3.63, 3.8) is 0 Å². The first-order chi connectivity index (χ1) is 8.15. The molecular weight excluding hydrogens is 228 g/mol. The standard InChI is InChI=1S/C10H10N2O5/c1-2-6-3-12(10(15)11-9(6)14)7-5-16-8(4-13)17-7/h1,3,7-8,13H,4-5H2,(H,11,14,15). The zero-order chi connectivity index (χ0) is 12.4. The second-order valence-electron chi connectivity index (χ2n) is 3.39. The minimum absolute atomic E-state index is 0.0284. The molecule has 1 aromatic rings. The van der Waals surface area contributed by atoms with Crippen LogP contribution in [0.5, 0.6) is 0 Å². The van der Waals surface area contributed by atoms with Crippen molar-refractivity contribution in [1.29, 1.82) is 0 Å². The normalized spacial score (nSPS) is 23.5. The number of terminal acetylenes is 1. The van der Waals surface area contributed by atoms with E-state index < -0.39 is 23.8 Å². The molecule has 1 saturated heterocycles. The topological polar surface area (TPSA) is 93.6 Å². The summed E-state index contributed by atoms with van der Waals surface area (Å²) in [5.74, 6) is 2.16. The zero-order valence-electron chi connectivity index (χ0n) is 8.75. The average Bonchev–Trinajstić information content (AvgIpc) is 2.78. The summed E-state index contributed by atoms with van der Waals surface area (Å²) in [6, 6.07) is 0. The van der Waals surface area contributed by atoms with E-state index in [1.54, 1.807) is 0 Å². The Morgan fingerprint density at radius 2 is 2.41 bits per heavy atom. The number of rotatable bonds is 2. The third kappa shape index (κ3) is 2.14. The molecule has 1 aliphatic heterocycles. The summed E-state index contributed by atoms with van der Waals surface area (Å²) in [5.41, 5.74) is -1.23. The largest absolute Gasteiger partial charge is 0.391 e. The van der Waals surface area contributed by atoms with Crippen LogP contribution in [-0.4, -0.2) is 34.2 Å². The maximum atomic E-state index is 11.5. The third-order valence-electron chi connectivity index (χ3n) is 2.32. The molecule has 2 heterocycles. The fourth-order valence-corrected chi connectivity index (χ4v) is 1.49. The van der Waals surface area contributed by atoms with E-state index in [9.17, 15) is 9.59 Å². The van der Waals surface area contributed by atoms with E-state index in [1.165, 1.54) is 6.20 Å². The lowest BCUT2D eigenvalue weighted by molar-refractivity contribution is -0.0993. The monoisotopic (exact) mass is 238 g/mol. The van der Waals surface area contributed by atoms with E-state index in [1.807, 2.05) is 0 Å². The number of hydrogen-bond acceptors (Lipinski definition) is 5. The number of aliphatic hydroxyl groups is 1. The molecule has 0 saturated carbocycles. The summed E-state index contributed by atoms with van der Waals surface area (Å²) in [6.07, 6.45) is 4.88. The maximum absolute atomic E-state index is 11.5. The van der Waals surface area contributed by atoms with Crippen molar-refractivity contribution in [3.05, 3.63) is 32.6 Å². The van der Waals surface area contributed by atoms with Crippen LogP contribution in [0.2, 0.25) is 0 Å². The lowest BCUT2D eigenvalue weighted by Crippen LogP contribution is -2.34. The van der Waals surface area contributed by atoms with Gasteiger partial charge in [-0.3, -0.25) is 14.3 Å². The second kappa shape index (κ2) is 4.55. The van der Waals surface area contributed by atoms with Crippen LogP contribution in [0.1, 0.15) is 11.8 Å². The van der Waals surface area contributed by atoms with Gasteiger partial charge in [-0.25, -0.2) is 4.79 Å². The Morgan fingerprint density at radius 3 is 3.00 bits per heavy atom. The van der Waals surface area contributed by atoms with E-state index in [4.69, 9.17) is 21.0 Å². The molecule has 0 spiro atoms. The number of aromatic nitrogens is 2. The van der Waals surface area contributed by atoms with E-state index in [2.05, 4.69) is 10.9 Å². The SMILES string of the molecule is C#Cc1cn(C2COC(CO)O2)c(=O)[nH]c1=O. The summed E-state index contributed by atoms with van der Waals surface area (Å²) in [7, 11) is 0. The van der Waals surface area contributed by atoms with Crippen LogP contribution in [0.3, 0.4) is 0 Å². The lowest BCUT2D eigenvalue weighted by Gasteiger charge is -2.12. The Labute approximate surface area is 95.6 Å². The molecule has 0 radical (unpaired) electrons. The van der Waals surface area contributed by atoms with Gasteiger partial charge in [0.1, 0.15) is 5.56 Å². The van der Waals surface area contributed by atoms with Gasteiger partial charge < -0.3 is 14.6 Å². The Balaban J connectivity index is 2.37. The van der Waals surface area contributed by atoms with Gasteiger partial charge in [-0.2, -0.15) is 0 Å². The number of aliphatic hydroxyl groups excluding tert-OH is 1. The fourth-order valence-electron chi connectivity index (χ4n) is 1.49. The molecule has 17 heavy (non-hydrogen) atoms. The number of H-pyrrole nitrogens is 1. The molecule has 90 valence electrons.